The van der Waals surface area contributed by atoms with E-state index in [0.29, 0.717) is 11.3 Å². The Morgan fingerprint density at radius 3 is 2.67 bits per heavy atom. The maximum Gasteiger partial charge on any atom is 0.339 e. The molecule has 0 N–H and O–H groups in total. The second-order valence-corrected chi connectivity index (χ2v) is 6.33. The van der Waals surface area contributed by atoms with Crippen LogP contribution in [-0.2, 0) is 11.2 Å². The minimum absolute atomic E-state index is 0.0462. The number of fused-ring (bicyclic) bond motifs is 1. The maximum atomic E-state index is 12.3. The molecule has 0 unspecified atom stereocenters. The monoisotopic (exact) mass is 330 g/mol. The second kappa shape index (κ2) is 8.13. The van der Waals surface area contributed by atoms with E-state index >= 15 is 0 Å². The number of carbonyl (C=O) groups is 1. The molecular weight excluding hydrogens is 304 g/mol. The molecule has 2 rings (SSSR count). The highest BCUT2D eigenvalue weighted by Crippen LogP contribution is 2.25. The van der Waals surface area contributed by atoms with Crippen LogP contribution in [0.1, 0.15) is 57.6 Å². The van der Waals surface area contributed by atoms with E-state index in [-0.39, 0.29) is 11.4 Å². The maximum absolute atomic E-state index is 12.3. The summed E-state index contributed by atoms with van der Waals surface area (Å²) in [5, 5.41) is 0.919. The summed E-state index contributed by atoms with van der Waals surface area (Å²) in [6, 6.07) is 5.39. The van der Waals surface area contributed by atoms with Gasteiger partial charge >= 0.3 is 5.63 Å². The number of carbonyl (C=O) groups excluding carboxylic acids is 1. The predicted octanol–water partition coefficient (Wildman–Crippen LogP) is 4.58. The number of unbranched alkanes of at least 4 members (excludes halogenated alkanes) is 3. The van der Waals surface area contributed by atoms with Gasteiger partial charge in [-0.15, -0.1) is 0 Å². The molecule has 0 radical (unpaired) electrons. The zero-order valence-corrected chi connectivity index (χ0v) is 15.0. The Morgan fingerprint density at radius 2 is 2.00 bits per heavy atom. The van der Waals surface area contributed by atoms with Gasteiger partial charge in [-0.3, -0.25) is 4.79 Å². The van der Waals surface area contributed by atoms with Crippen LogP contribution in [-0.4, -0.2) is 11.9 Å². The third-order valence-electron chi connectivity index (χ3n) is 4.42. The number of ether oxygens (including phenoxy) is 1. The molecule has 0 aliphatic rings. The van der Waals surface area contributed by atoms with E-state index in [1.54, 1.807) is 13.0 Å². The van der Waals surface area contributed by atoms with Gasteiger partial charge in [0, 0.05) is 17.0 Å². The number of ketones is 1. The molecule has 1 heterocycles. The van der Waals surface area contributed by atoms with Crippen molar-refractivity contribution in [2.24, 2.45) is 0 Å². The lowest BCUT2D eigenvalue weighted by atomic mass is 10.0. The van der Waals surface area contributed by atoms with Crippen LogP contribution < -0.4 is 10.4 Å². The summed E-state index contributed by atoms with van der Waals surface area (Å²) >= 11 is 0. The van der Waals surface area contributed by atoms with E-state index in [1.807, 2.05) is 19.1 Å². The average Bonchev–Trinajstić information content (AvgIpc) is 2.53. The fourth-order valence-corrected chi connectivity index (χ4v) is 2.75. The SMILES string of the molecule is CCCCCCc1c(C)c2ccc(O[C@H](C)C(C)=O)cc2oc1=O. The minimum Gasteiger partial charge on any atom is -0.483 e. The quantitative estimate of drug-likeness (QED) is 0.525. The van der Waals surface area contributed by atoms with Gasteiger partial charge in [-0.25, -0.2) is 4.79 Å². The molecule has 1 atom stereocenters. The summed E-state index contributed by atoms with van der Waals surface area (Å²) in [6.07, 6.45) is 4.72. The smallest absolute Gasteiger partial charge is 0.339 e. The van der Waals surface area contributed by atoms with Gasteiger partial charge in [0.2, 0.25) is 0 Å². The summed E-state index contributed by atoms with van der Waals surface area (Å²) in [6.45, 7) is 7.32. The lowest BCUT2D eigenvalue weighted by Gasteiger charge is -2.13. The minimum atomic E-state index is -0.520. The van der Waals surface area contributed by atoms with E-state index in [1.165, 1.54) is 19.8 Å². The predicted molar refractivity (Wildman–Crippen MR) is 95.8 cm³/mol. The lowest BCUT2D eigenvalue weighted by molar-refractivity contribution is -0.122. The second-order valence-electron chi connectivity index (χ2n) is 6.33. The Morgan fingerprint density at radius 1 is 1.25 bits per heavy atom. The summed E-state index contributed by atoms with van der Waals surface area (Å²) in [7, 11) is 0. The molecule has 0 saturated carbocycles. The first-order chi connectivity index (χ1) is 11.4. The molecule has 2 aromatic rings. The van der Waals surface area contributed by atoms with E-state index in [2.05, 4.69) is 6.92 Å². The Hall–Kier alpha value is -2.10. The van der Waals surface area contributed by atoms with Crippen molar-refractivity contribution < 1.29 is 13.9 Å². The van der Waals surface area contributed by atoms with Crippen LogP contribution in [0.2, 0.25) is 0 Å². The van der Waals surface area contributed by atoms with Gasteiger partial charge < -0.3 is 9.15 Å². The number of aryl methyl sites for hydroxylation is 1. The Bertz CT molecular complexity index is 773. The molecule has 0 spiro atoms. The zero-order chi connectivity index (χ0) is 17.7. The van der Waals surface area contributed by atoms with Crippen LogP contribution in [0, 0.1) is 6.92 Å². The summed E-state index contributed by atoms with van der Waals surface area (Å²) in [4.78, 5) is 23.6. The first-order valence-electron chi connectivity index (χ1n) is 8.67. The van der Waals surface area contributed by atoms with Crippen molar-refractivity contribution in [3.8, 4) is 5.75 Å². The normalized spacial score (nSPS) is 12.3. The molecule has 0 aliphatic carbocycles. The lowest BCUT2D eigenvalue weighted by Crippen LogP contribution is -2.20. The molecule has 0 bridgehead atoms. The molecule has 4 nitrogen and oxygen atoms in total. The Kier molecular flexibility index (Phi) is 6.18. The van der Waals surface area contributed by atoms with Gasteiger partial charge in [-0.2, -0.15) is 0 Å². The molecule has 0 fully saturated rings. The third kappa shape index (κ3) is 4.25. The first kappa shape index (κ1) is 18.2. The van der Waals surface area contributed by atoms with E-state index < -0.39 is 6.10 Å². The number of rotatable bonds is 8. The molecule has 130 valence electrons. The Balaban J connectivity index is 2.29. The average molecular weight is 330 g/mol. The standard InChI is InChI=1S/C20H26O4/c1-5-6-7-8-9-18-13(2)17-11-10-16(23-15(4)14(3)21)12-19(17)24-20(18)22/h10-12,15H,5-9H2,1-4H3/t15-/m1/s1. The molecule has 0 aliphatic heterocycles. The largest absolute Gasteiger partial charge is 0.483 e. The van der Waals surface area contributed by atoms with Gasteiger partial charge in [0.1, 0.15) is 11.3 Å². The number of benzene rings is 1. The Labute approximate surface area is 142 Å². The van der Waals surface area contributed by atoms with Crippen molar-refractivity contribution in [3.05, 3.63) is 39.7 Å². The van der Waals surface area contributed by atoms with Gasteiger partial charge in [0.15, 0.2) is 11.9 Å². The molecule has 4 heteroatoms. The highest BCUT2D eigenvalue weighted by molar-refractivity contribution is 5.83. The molecule has 0 amide bonds. The summed E-state index contributed by atoms with van der Waals surface area (Å²) in [5.41, 5.74) is 1.98. The highest BCUT2D eigenvalue weighted by atomic mass is 16.5. The van der Waals surface area contributed by atoms with Gasteiger partial charge in [-0.05, 0) is 51.3 Å². The van der Waals surface area contributed by atoms with Crippen molar-refractivity contribution in [3.63, 3.8) is 0 Å². The zero-order valence-electron chi connectivity index (χ0n) is 15.0. The number of hydrogen-bond donors (Lipinski definition) is 0. The fourth-order valence-electron chi connectivity index (χ4n) is 2.75. The van der Waals surface area contributed by atoms with Crippen LogP contribution >= 0.6 is 0 Å². The molecule has 1 aromatic heterocycles. The fraction of sp³-hybridized carbons (Fsp3) is 0.500. The molecule has 24 heavy (non-hydrogen) atoms. The van der Waals surface area contributed by atoms with Crippen LogP contribution in [0.25, 0.3) is 11.0 Å². The van der Waals surface area contributed by atoms with Gasteiger partial charge in [-0.1, -0.05) is 26.2 Å². The summed E-state index contributed by atoms with van der Waals surface area (Å²) in [5.74, 6) is 0.485. The van der Waals surface area contributed by atoms with Crippen LogP contribution in [0.4, 0.5) is 0 Å². The summed E-state index contributed by atoms with van der Waals surface area (Å²) < 4.78 is 11.1. The first-order valence-corrected chi connectivity index (χ1v) is 8.67. The van der Waals surface area contributed by atoms with Crippen LogP contribution in [0.3, 0.4) is 0 Å². The molecule has 0 saturated heterocycles. The van der Waals surface area contributed by atoms with Crippen molar-refractivity contribution in [1.82, 2.24) is 0 Å². The van der Waals surface area contributed by atoms with E-state index in [0.717, 1.165) is 35.8 Å². The van der Waals surface area contributed by atoms with Gasteiger partial charge in [0.05, 0.1) is 0 Å². The number of hydrogen-bond acceptors (Lipinski definition) is 4. The van der Waals surface area contributed by atoms with Crippen molar-refractivity contribution in [2.75, 3.05) is 0 Å². The van der Waals surface area contributed by atoms with Crippen molar-refractivity contribution in [2.45, 2.75) is 65.9 Å². The van der Waals surface area contributed by atoms with Crippen LogP contribution in [0.5, 0.6) is 5.75 Å². The molecular formula is C20H26O4. The third-order valence-corrected chi connectivity index (χ3v) is 4.42. The van der Waals surface area contributed by atoms with Crippen molar-refractivity contribution in [1.29, 1.82) is 0 Å². The van der Waals surface area contributed by atoms with E-state index in [4.69, 9.17) is 9.15 Å². The van der Waals surface area contributed by atoms with Crippen LogP contribution in [0.15, 0.2) is 27.4 Å². The number of Topliss-reactive ketones (excluding diaryl/α,β-unsaturated/α-hetero) is 1. The van der Waals surface area contributed by atoms with Gasteiger partial charge in [0.25, 0.3) is 0 Å². The molecule has 1 aromatic carbocycles. The van der Waals surface area contributed by atoms with E-state index in [9.17, 15) is 9.59 Å². The highest BCUT2D eigenvalue weighted by Gasteiger charge is 2.14. The van der Waals surface area contributed by atoms with Crippen molar-refractivity contribution >= 4 is 16.8 Å². The topological polar surface area (TPSA) is 56.5 Å².